The maximum Gasteiger partial charge on any atom is 0.309 e. The number of non-ortho nitro benzene ring substituents is 1. The third-order valence-corrected chi connectivity index (χ3v) is 3.57. The normalized spacial score (nSPS) is 14.7. The molecule has 0 aliphatic carbocycles. The Kier molecular flexibility index (Phi) is 6.07. The molecule has 0 spiro atoms. The highest BCUT2D eigenvalue weighted by atomic mass is 16.6. The molecule has 0 bridgehead atoms. The maximum atomic E-state index is 11.9. The smallest absolute Gasteiger partial charge is 0.309 e. The van der Waals surface area contributed by atoms with Crippen LogP contribution in [0.15, 0.2) is 18.2 Å². The van der Waals surface area contributed by atoms with Crippen molar-refractivity contribution in [3.05, 3.63) is 28.3 Å². The van der Waals surface area contributed by atoms with Crippen molar-refractivity contribution in [2.24, 2.45) is 5.92 Å². The molecule has 1 aliphatic heterocycles. The molecular formula is C15H18N2O7. The molecule has 0 radical (unpaired) electrons. The first-order valence-electron chi connectivity index (χ1n) is 7.38. The maximum absolute atomic E-state index is 11.9. The van der Waals surface area contributed by atoms with Crippen LogP contribution in [0.5, 0.6) is 5.75 Å². The minimum Gasteiger partial charge on any atom is -0.494 e. The zero-order valence-corrected chi connectivity index (χ0v) is 13.1. The fourth-order valence-corrected chi connectivity index (χ4v) is 2.27. The summed E-state index contributed by atoms with van der Waals surface area (Å²) in [6.45, 7) is 0.578. The summed E-state index contributed by atoms with van der Waals surface area (Å²) in [6.07, 6.45) is 1.16. The minimum atomic E-state index is -0.566. The first-order chi connectivity index (χ1) is 11.5. The number of nitro groups is 1. The summed E-state index contributed by atoms with van der Waals surface area (Å²) >= 11 is 0. The molecule has 0 atom stereocenters. The van der Waals surface area contributed by atoms with E-state index < -0.39 is 23.4 Å². The standard InChI is InChI=1S/C15H18N2O7/c1-22-13-8-11(17(20)21)2-3-12(13)16-14(18)9-24-15(19)10-4-6-23-7-5-10/h2-3,8,10H,4-7,9H2,1H3,(H,16,18). The monoisotopic (exact) mass is 338 g/mol. The van der Waals surface area contributed by atoms with E-state index in [4.69, 9.17) is 14.2 Å². The number of benzene rings is 1. The number of esters is 1. The van der Waals surface area contributed by atoms with Crippen LogP contribution >= 0.6 is 0 Å². The second-order valence-electron chi connectivity index (χ2n) is 5.18. The van der Waals surface area contributed by atoms with Gasteiger partial charge in [0.25, 0.3) is 11.6 Å². The van der Waals surface area contributed by atoms with Gasteiger partial charge in [-0.1, -0.05) is 0 Å². The number of nitrogens with one attached hydrogen (secondary N) is 1. The summed E-state index contributed by atoms with van der Waals surface area (Å²) in [5.74, 6) is -1.08. The summed E-state index contributed by atoms with van der Waals surface area (Å²) in [5.41, 5.74) is 0.103. The lowest BCUT2D eigenvalue weighted by Crippen LogP contribution is -2.28. The van der Waals surface area contributed by atoms with E-state index in [-0.39, 0.29) is 23.0 Å². The van der Waals surface area contributed by atoms with E-state index >= 15 is 0 Å². The van der Waals surface area contributed by atoms with Gasteiger partial charge in [-0.05, 0) is 18.9 Å². The molecule has 130 valence electrons. The average Bonchev–Trinajstić information content (AvgIpc) is 2.60. The van der Waals surface area contributed by atoms with Crippen LogP contribution in [-0.2, 0) is 19.1 Å². The van der Waals surface area contributed by atoms with Gasteiger partial charge in [-0.25, -0.2) is 0 Å². The quantitative estimate of drug-likeness (QED) is 0.474. The molecule has 1 aliphatic rings. The molecule has 9 heteroatoms. The lowest BCUT2D eigenvalue weighted by atomic mass is 10.0. The lowest BCUT2D eigenvalue weighted by Gasteiger charge is -2.20. The summed E-state index contributed by atoms with van der Waals surface area (Å²) in [7, 11) is 1.33. The minimum absolute atomic E-state index is 0.147. The second-order valence-corrected chi connectivity index (χ2v) is 5.18. The third-order valence-electron chi connectivity index (χ3n) is 3.57. The molecule has 1 aromatic carbocycles. The van der Waals surface area contributed by atoms with E-state index in [9.17, 15) is 19.7 Å². The Hall–Kier alpha value is -2.68. The van der Waals surface area contributed by atoms with Crippen LogP contribution < -0.4 is 10.1 Å². The van der Waals surface area contributed by atoms with Gasteiger partial charge in [0.05, 0.1) is 29.7 Å². The number of methoxy groups -OCH3 is 1. The largest absolute Gasteiger partial charge is 0.494 e. The van der Waals surface area contributed by atoms with Crippen molar-refractivity contribution in [3.63, 3.8) is 0 Å². The van der Waals surface area contributed by atoms with Crippen molar-refractivity contribution in [3.8, 4) is 5.75 Å². The Balaban J connectivity index is 1.89. The first kappa shape index (κ1) is 17.7. The molecule has 1 N–H and O–H groups in total. The van der Waals surface area contributed by atoms with Gasteiger partial charge in [-0.15, -0.1) is 0 Å². The van der Waals surface area contributed by atoms with Gasteiger partial charge >= 0.3 is 5.97 Å². The van der Waals surface area contributed by atoms with Crippen LogP contribution in [0.1, 0.15) is 12.8 Å². The summed E-state index contributed by atoms with van der Waals surface area (Å²) in [4.78, 5) is 33.9. The number of hydrogen-bond acceptors (Lipinski definition) is 7. The number of nitro benzene ring substituents is 1. The van der Waals surface area contributed by atoms with Gasteiger partial charge < -0.3 is 19.5 Å². The van der Waals surface area contributed by atoms with E-state index in [1.807, 2.05) is 0 Å². The zero-order valence-electron chi connectivity index (χ0n) is 13.1. The van der Waals surface area contributed by atoms with E-state index in [0.717, 1.165) is 0 Å². The second kappa shape index (κ2) is 8.25. The number of carbonyl (C=O) groups is 2. The molecule has 1 fully saturated rings. The van der Waals surface area contributed by atoms with Crippen LogP contribution in [0, 0.1) is 16.0 Å². The molecular weight excluding hydrogens is 320 g/mol. The van der Waals surface area contributed by atoms with Crippen molar-refractivity contribution in [2.45, 2.75) is 12.8 Å². The van der Waals surface area contributed by atoms with Crippen molar-refractivity contribution >= 4 is 23.3 Å². The molecule has 0 saturated carbocycles. The summed E-state index contributed by atoms with van der Waals surface area (Å²) < 4.78 is 15.2. The molecule has 1 heterocycles. The molecule has 24 heavy (non-hydrogen) atoms. The lowest BCUT2D eigenvalue weighted by molar-refractivity contribution is -0.384. The van der Waals surface area contributed by atoms with E-state index in [1.54, 1.807) is 0 Å². The van der Waals surface area contributed by atoms with E-state index in [0.29, 0.717) is 26.1 Å². The van der Waals surface area contributed by atoms with E-state index in [2.05, 4.69) is 5.32 Å². The Morgan fingerprint density at radius 3 is 2.71 bits per heavy atom. The van der Waals surface area contributed by atoms with Crippen LogP contribution in [0.2, 0.25) is 0 Å². The van der Waals surface area contributed by atoms with Gasteiger partial charge in [0.1, 0.15) is 5.75 Å². The number of hydrogen-bond donors (Lipinski definition) is 1. The Morgan fingerprint density at radius 1 is 1.38 bits per heavy atom. The molecule has 1 saturated heterocycles. The zero-order chi connectivity index (χ0) is 17.5. The average molecular weight is 338 g/mol. The number of carbonyl (C=O) groups excluding carboxylic acids is 2. The summed E-state index contributed by atoms with van der Waals surface area (Å²) in [6, 6.07) is 3.80. The fourth-order valence-electron chi connectivity index (χ4n) is 2.27. The number of rotatable bonds is 6. The highest BCUT2D eigenvalue weighted by molar-refractivity contribution is 5.94. The molecule has 1 amide bonds. The number of ether oxygens (including phenoxy) is 3. The van der Waals surface area contributed by atoms with Gasteiger partial charge in [0.2, 0.25) is 0 Å². The van der Waals surface area contributed by atoms with Crippen molar-refractivity contribution in [1.29, 1.82) is 0 Å². The van der Waals surface area contributed by atoms with Crippen LogP contribution in [0.3, 0.4) is 0 Å². The predicted octanol–water partition coefficient (Wildman–Crippen LogP) is 1.51. The van der Waals surface area contributed by atoms with Crippen LogP contribution in [-0.4, -0.2) is 43.7 Å². The number of amides is 1. The Bertz CT molecular complexity index is 626. The van der Waals surface area contributed by atoms with E-state index in [1.165, 1.54) is 25.3 Å². The molecule has 2 rings (SSSR count). The van der Waals surface area contributed by atoms with Crippen molar-refractivity contribution < 1.29 is 28.7 Å². The third kappa shape index (κ3) is 4.66. The summed E-state index contributed by atoms with van der Waals surface area (Å²) in [5, 5.41) is 13.2. The highest BCUT2D eigenvalue weighted by Gasteiger charge is 2.23. The molecule has 0 aromatic heterocycles. The Labute approximate surface area is 138 Å². The Morgan fingerprint density at radius 2 is 2.08 bits per heavy atom. The van der Waals surface area contributed by atoms with Gasteiger partial charge in [0, 0.05) is 19.3 Å². The highest BCUT2D eigenvalue weighted by Crippen LogP contribution is 2.28. The van der Waals surface area contributed by atoms with Gasteiger partial charge in [-0.3, -0.25) is 19.7 Å². The molecule has 1 aromatic rings. The van der Waals surface area contributed by atoms with Crippen molar-refractivity contribution in [2.75, 3.05) is 32.2 Å². The van der Waals surface area contributed by atoms with Gasteiger partial charge in [-0.2, -0.15) is 0 Å². The molecule has 9 nitrogen and oxygen atoms in total. The predicted molar refractivity (Wildman–Crippen MR) is 82.8 cm³/mol. The molecule has 0 unspecified atom stereocenters. The topological polar surface area (TPSA) is 117 Å². The van der Waals surface area contributed by atoms with Crippen molar-refractivity contribution in [1.82, 2.24) is 0 Å². The number of nitrogens with zero attached hydrogens (tertiary/aromatic N) is 1. The first-order valence-corrected chi connectivity index (χ1v) is 7.38. The SMILES string of the molecule is COc1cc([N+](=O)[O-])ccc1NC(=O)COC(=O)C1CCOCC1. The fraction of sp³-hybridized carbons (Fsp3) is 0.467. The number of anilines is 1. The van der Waals surface area contributed by atoms with Crippen LogP contribution in [0.25, 0.3) is 0 Å². The van der Waals surface area contributed by atoms with Crippen LogP contribution in [0.4, 0.5) is 11.4 Å². The van der Waals surface area contributed by atoms with Gasteiger partial charge in [0.15, 0.2) is 6.61 Å².